The number of aliphatic carboxylic acids is 1. The molecule has 1 saturated heterocycles. The highest BCUT2D eigenvalue weighted by Gasteiger charge is 2.29. The van der Waals surface area contributed by atoms with Crippen LogP contribution in [0.1, 0.15) is 13.8 Å². The molecule has 0 radical (unpaired) electrons. The van der Waals surface area contributed by atoms with Crippen LogP contribution < -0.4 is 0 Å². The van der Waals surface area contributed by atoms with Gasteiger partial charge in [-0.3, -0.25) is 4.79 Å². The second-order valence-electron chi connectivity index (χ2n) is 5.21. The fourth-order valence-electron chi connectivity index (χ4n) is 2.16. The zero-order valence-electron chi connectivity index (χ0n) is 12.7. The number of rotatable bonds is 5. The summed E-state index contributed by atoms with van der Waals surface area (Å²) in [5.74, 6) is -1.57. The van der Waals surface area contributed by atoms with Gasteiger partial charge in [-0.25, -0.2) is 13.2 Å². The van der Waals surface area contributed by atoms with E-state index in [-0.39, 0.29) is 25.7 Å². The summed E-state index contributed by atoms with van der Waals surface area (Å²) in [4.78, 5) is 26.3. The largest absolute Gasteiger partial charge is 0.481 e. The Morgan fingerprint density at radius 3 is 2.14 bits per heavy atom. The predicted octanol–water partition coefficient (Wildman–Crippen LogP) is -0.274. The Hall–Kier alpha value is -1.35. The third-order valence-corrected chi connectivity index (χ3v) is 4.85. The van der Waals surface area contributed by atoms with Gasteiger partial charge in [-0.1, -0.05) is 6.92 Å². The van der Waals surface area contributed by atoms with Gasteiger partial charge in [0.1, 0.15) is 0 Å². The maximum Gasteiger partial charge on any atom is 0.320 e. The molecule has 0 spiro atoms. The average molecular weight is 321 g/mol. The molecule has 0 aromatic heterocycles. The number of amides is 2. The van der Waals surface area contributed by atoms with Crippen LogP contribution in [0, 0.1) is 5.92 Å². The molecule has 9 heteroatoms. The zero-order valence-corrected chi connectivity index (χ0v) is 13.5. The molecular formula is C12H23N3O5S. The first-order chi connectivity index (χ1) is 9.66. The number of nitrogens with zero attached hydrogens (tertiary/aromatic N) is 3. The second-order valence-corrected chi connectivity index (χ2v) is 7.19. The van der Waals surface area contributed by atoms with Crippen molar-refractivity contribution >= 4 is 22.0 Å². The Bertz CT molecular complexity index is 485. The van der Waals surface area contributed by atoms with Gasteiger partial charge in [-0.15, -0.1) is 0 Å². The predicted molar refractivity (Wildman–Crippen MR) is 77.4 cm³/mol. The van der Waals surface area contributed by atoms with Crippen LogP contribution in [0.3, 0.4) is 0 Å². The molecule has 122 valence electrons. The van der Waals surface area contributed by atoms with Crippen LogP contribution in [0.5, 0.6) is 0 Å². The van der Waals surface area contributed by atoms with E-state index in [1.165, 1.54) is 9.21 Å². The standard InChI is InChI=1S/C12H23N3O5S/c1-4-13(9-10(2)11(16)17)12(18)14-5-7-15(8-6-14)21(3,19)20/h10H,4-9H2,1-3H3,(H,16,17). The summed E-state index contributed by atoms with van der Waals surface area (Å²) in [5.41, 5.74) is 0. The van der Waals surface area contributed by atoms with Gasteiger partial charge < -0.3 is 14.9 Å². The van der Waals surface area contributed by atoms with Gasteiger partial charge in [-0.2, -0.15) is 4.31 Å². The summed E-state index contributed by atoms with van der Waals surface area (Å²) < 4.78 is 24.2. The summed E-state index contributed by atoms with van der Waals surface area (Å²) in [6, 6.07) is -0.237. The van der Waals surface area contributed by atoms with Crippen molar-refractivity contribution in [2.45, 2.75) is 13.8 Å². The molecule has 1 rings (SSSR count). The van der Waals surface area contributed by atoms with Gasteiger partial charge in [0.05, 0.1) is 12.2 Å². The molecule has 0 aromatic rings. The van der Waals surface area contributed by atoms with Crippen LogP contribution >= 0.6 is 0 Å². The zero-order chi connectivity index (χ0) is 16.2. The van der Waals surface area contributed by atoms with Crippen molar-refractivity contribution in [2.24, 2.45) is 5.92 Å². The highest BCUT2D eigenvalue weighted by atomic mass is 32.2. The third kappa shape index (κ3) is 4.85. The quantitative estimate of drug-likeness (QED) is 0.751. The number of hydrogen-bond acceptors (Lipinski definition) is 4. The molecule has 0 aliphatic carbocycles. The summed E-state index contributed by atoms with van der Waals surface area (Å²) in [5, 5.41) is 8.92. The second kappa shape index (κ2) is 7.08. The van der Waals surface area contributed by atoms with Crippen LogP contribution in [0.2, 0.25) is 0 Å². The Morgan fingerprint density at radius 2 is 1.76 bits per heavy atom. The minimum Gasteiger partial charge on any atom is -0.481 e. The highest BCUT2D eigenvalue weighted by molar-refractivity contribution is 7.88. The summed E-state index contributed by atoms with van der Waals surface area (Å²) >= 11 is 0. The van der Waals surface area contributed by atoms with E-state index in [4.69, 9.17) is 5.11 Å². The lowest BCUT2D eigenvalue weighted by Crippen LogP contribution is -2.54. The van der Waals surface area contributed by atoms with E-state index >= 15 is 0 Å². The molecule has 1 unspecified atom stereocenters. The number of carboxylic acids is 1. The van der Waals surface area contributed by atoms with Crippen molar-refractivity contribution in [1.82, 2.24) is 14.1 Å². The summed E-state index contributed by atoms with van der Waals surface area (Å²) in [6.45, 7) is 5.11. The lowest BCUT2D eigenvalue weighted by atomic mass is 10.2. The minimum absolute atomic E-state index is 0.150. The Morgan fingerprint density at radius 1 is 1.24 bits per heavy atom. The van der Waals surface area contributed by atoms with E-state index in [0.717, 1.165) is 6.26 Å². The Balaban J connectivity index is 2.61. The van der Waals surface area contributed by atoms with E-state index in [1.54, 1.807) is 18.7 Å². The van der Waals surface area contributed by atoms with E-state index in [9.17, 15) is 18.0 Å². The van der Waals surface area contributed by atoms with Crippen LogP contribution in [0.25, 0.3) is 0 Å². The van der Waals surface area contributed by atoms with Crippen molar-refractivity contribution in [3.63, 3.8) is 0 Å². The number of urea groups is 1. The lowest BCUT2D eigenvalue weighted by molar-refractivity contribution is -0.141. The molecular weight excluding hydrogens is 298 g/mol. The van der Waals surface area contributed by atoms with Crippen molar-refractivity contribution in [3.8, 4) is 0 Å². The number of hydrogen-bond donors (Lipinski definition) is 1. The highest BCUT2D eigenvalue weighted by Crippen LogP contribution is 2.10. The van der Waals surface area contributed by atoms with E-state index in [2.05, 4.69) is 0 Å². The number of piperazine rings is 1. The maximum atomic E-state index is 12.3. The Kier molecular flexibility index (Phi) is 5.97. The molecule has 0 saturated carbocycles. The lowest BCUT2D eigenvalue weighted by Gasteiger charge is -2.36. The number of carboxylic acid groups (broad SMARTS) is 1. The average Bonchev–Trinajstić information content (AvgIpc) is 2.42. The SMILES string of the molecule is CCN(CC(C)C(=O)O)C(=O)N1CCN(S(C)(=O)=O)CC1. The molecule has 1 aliphatic heterocycles. The number of carbonyl (C=O) groups is 2. The van der Waals surface area contributed by atoms with Gasteiger partial charge >= 0.3 is 12.0 Å². The van der Waals surface area contributed by atoms with Crippen LogP contribution in [-0.2, 0) is 14.8 Å². The smallest absolute Gasteiger partial charge is 0.320 e. The summed E-state index contributed by atoms with van der Waals surface area (Å²) in [7, 11) is -3.23. The molecule has 0 bridgehead atoms. The molecule has 0 aromatic carbocycles. The first-order valence-electron chi connectivity index (χ1n) is 6.88. The van der Waals surface area contributed by atoms with Gasteiger partial charge in [0.25, 0.3) is 0 Å². The van der Waals surface area contributed by atoms with Gasteiger partial charge in [0, 0.05) is 39.3 Å². The van der Waals surface area contributed by atoms with Crippen LogP contribution in [0.4, 0.5) is 4.79 Å². The topological polar surface area (TPSA) is 98.2 Å². The minimum atomic E-state index is -3.23. The molecule has 2 amide bonds. The fraction of sp³-hybridized carbons (Fsp3) is 0.833. The van der Waals surface area contributed by atoms with Gasteiger partial charge in [0.15, 0.2) is 0 Å². The van der Waals surface area contributed by atoms with Crippen molar-refractivity contribution < 1.29 is 23.1 Å². The van der Waals surface area contributed by atoms with Crippen molar-refractivity contribution in [2.75, 3.05) is 45.5 Å². The fourth-order valence-corrected chi connectivity index (χ4v) is 2.99. The van der Waals surface area contributed by atoms with Gasteiger partial charge in [-0.05, 0) is 6.92 Å². The van der Waals surface area contributed by atoms with E-state index < -0.39 is 21.9 Å². The summed E-state index contributed by atoms with van der Waals surface area (Å²) in [6.07, 6.45) is 1.15. The van der Waals surface area contributed by atoms with Crippen LogP contribution in [-0.4, -0.2) is 85.2 Å². The van der Waals surface area contributed by atoms with Crippen LogP contribution in [0.15, 0.2) is 0 Å². The Labute approximate surface area is 125 Å². The first kappa shape index (κ1) is 17.7. The normalized spacial score (nSPS) is 18.3. The monoisotopic (exact) mass is 321 g/mol. The third-order valence-electron chi connectivity index (χ3n) is 3.55. The number of sulfonamides is 1. The molecule has 1 heterocycles. The molecule has 8 nitrogen and oxygen atoms in total. The molecule has 1 fully saturated rings. The maximum absolute atomic E-state index is 12.3. The van der Waals surface area contributed by atoms with E-state index in [0.29, 0.717) is 19.6 Å². The molecule has 21 heavy (non-hydrogen) atoms. The molecule has 1 aliphatic rings. The van der Waals surface area contributed by atoms with E-state index in [1.807, 2.05) is 0 Å². The molecule has 1 N–H and O–H groups in total. The number of carbonyl (C=O) groups excluding carboxylic acids is 1. The molecule has 1 atom stereocenters. The van der Waals surface area contributed by atoms with Gasteiger partial charge in [0.2, 0.25) is 10.0 Å². The first-order valence-corrected chi connectivity index (χ1v) is 8.73. The van der Waals surface area contributed by atoms with Crippen molar-refractivity contribution in [3.05, 3.63) is 0 Å². The van der Waals surface area contributed by atoms with Crippen molar-refractivity contribution in [1.29, 1.82) is 0 Å².